The summed E-state index contributed by atoms with van der Waals surface area (Å²) in [6, 6.07) is 6.52. The molecular formula is C14H13BrFN3S. The lowest BCUT2D eigenvalue weighted by atomic mass is 10.1. The predicted octanol–water partition coefficient (Wildman–Crippen LogP) is 3.98. The lowest BCUT2D eigenvalue weighted by molar-refractivity contribution is 0.631. The second-order valence-electron chi connectivity index (χ2n) is 4.42. The lowest BCUT2D eigenvalue weighted by Crippen LogP contribution is -2.15. The molecule has 20 heavy (non-hydrogen) atoms. The molecule has 0 atom stereocenters. The molecule has 1 aromatic carbocycles. The highest BCUT2D eigenvalue weighted by molar-refractivity contribution is 9.10. The second kappa shape index (κ2) is 5.85. The van der Waals surface area contributed by atoms with E-state index in [1.165, 1.54) is 6.07 Å². The number of pyridine rings is 1. The molecule has 0 fully saturated rings. The second-order valence-corrected chi connectivity index (χ2v) is 5.77. The van der Waals surface area contributed by atoms with Crippen LogP contribution in [-0.4, -0.2) is 9.97 Å². The third kappa shape index (κ3) is 3.13. The Morgan fingerprint density at radius 3 is 2.70 bits per heavy atom. The fourth-order valence-corrected chi connectivity index (χ4v) is 2.58. The largest absolute Gasteiger partial charge is 0.389 e. The Kier molecular flexibility index (Phi) is 4.35. The van der Waals surface area contributed by atoms with E-state index >= 15 is 0 Å². The number of halogens is 2. The average Bonchev–Trinajstić information content (AvgIpc) is 2.32. The number of nitrogens with two attached hydrogens (primary N) is 1. The Hall–Kier alpha value is -1.53. The van der Waals surface area contributed by atoms with Crippen LogP contribution in [0.1, 0.15) is 16.8 Å². The standard InChI is InChI=1S/C14H13BrFN3S/c1-7-5-8(2)18-14(12(7)13(17)20)19-11-6-9(15)3-4-10(11)16/h3-6H,1-2H3,(H2,17,20)(H,18,19). The number of nitrogens with zero attached hydrogens (tertiary/aromatic N) is 1. The van der Waals surface area contributed by atoms with Gasteiger partial charge in [-0.3, -0.25) is 0 Å². The maximum atomic E-state index is 13.8. The van der Waals surface area contributed by atoms with Crippen molar-refractivity contribution in [3.8, 4) is 0 Å². The normalized spacial score (nSPS) is 10.4. The molecule has 3 nitrogen and oxygen atoms in total. The number of hydrogen-bond acceptors (Lipinski definition) is 3. The number of thiocarbonyl (C=S) groups is 1. The fourth-order valence-electron chi connectivity index (χ4n) is 1.96. The molecule has 104 valence electrons. The van der Waals surface area contributed by atoms with Crippen LogP contribution in [-0.2, 0) is 0 Å². The first-order chi connectivity index (χ1) is 9.38. The number of benzene rings is 1. The average molecular weight is 354 g/mol. The van der Waals surface area contributed by atoms with E-state index in [1.807, 2.05) is 19.9 Å². The molecule has 6 heteroatoms. The van der Waals surface area contributed by atoms with Crippen molar-refractivity contribution in [1.29, 1.82) is 0 Å². The summed E-state index contributed by atoms with van der Waals surface area (Å²) in [5.41, 5.74) is 8.39. The molecule has 2 aromatic rings. The quantitative estimate of drug-likeness (QED) is 0.819. The highest BCUT2D eigenvalue weighted by Gasteiger charge is 2.13. The molecule has 0 aliphatic heterocycles. The predicted molar refractivity (Wildman–Crippen MR) is 87.0 cm³/mol. The summed E-state index contributed by atoms with van der Waals surface area (Å²) in [5, 5.41) is 2.96. The van der Waals surface area contributed by atoms with Gasteiger partial charge < -0.3 is 11.1 Å². The van der Waals surface area contributed by atoms with E-state index < -0.39 is 0 Å². The molecule has 0 unspecified atom stereocenters. The molecular weight excluding hydrogens is 341 g/mol. The van der Waals surface area contributed by atoms with E-state index in [9.17, 15) is 4.39 Å². The first-order valence-corrected chi connectivity index (χ1v) is 7.08. The third-order valence-electron chi connectivity index (χ3n) is 2.77. The van der Waals surface area contributed by atoms with Crippen LogP contribution >= 0.6 is 28.1 Å². The zero-order valence-electron chi connectivity index (χ0n) is 11.0. The number of hydrogen-bond donors (Lipinski definition) is 2. The monoisotopic (exact) mass is 353 g/mol. The van der Waals surface area contributed by atoms with Crippen LogP contribution in [0.4, 0.5) is 15.9 Å². The Bertz CT molecular complexity index is 688. The molecule has 0 aliphatic rings. The van der Waals surface area contributed by atoms with E-state index in [4.69, 9.17) is 18.0 Å². The summed E-state index contributed by atoms with van der Waals surface area (Å²) in [6.07, 6.45) is 0. The van der Waals surface area contributed by atoms with Crippen LogP contribution in [0.3, 0.4) is 0 Å². The van der Waals surface area contributed by atoms with Crippen molar-refractivity contribution in [3.05, 3.63) is 51.4 Å². The summed E-state index contributed by atoms with van der Waals surface area (Å²) in [4.78, 5) is 4.59. The van der Waals surface area contributed by atoms with Gasteiger partial charge in [0.1, 0.15) is 16.6 Å². The number of aromatic nitrogens is 1. The smallest absolute Gasteiger partial charge is 0.146 e. The molecule has 0 spiro atoms. The molecule has 0 bridgehead atoms. The summed E-state index contributed by atoms with van der Waals surface area (Å²) in [6.45, 7) is 3.75. The van der Waals surface area contributed by atoms with Gasteiger partial charge in [0.05, 0.1) is 11.3 Å². The van der Waals surface area contributed by atoms with Gasteiger partial charge in [0.15, 0.2) is 0 Å². The summed E-state index contributed by atoms with van der Waals surface area (Å²) in [5.74, 6) is 0.0926. The molecule has 3 N–H and O–H groups in total. The Labute approximate surface area is 130 Å². The number of rotatable bonds is 3. The van der Waals surface area contributed by atoms with Crippen LogP contribution in [0.25, 0.3) is 0 Å². The molecule has 0 saturated heterocycles. The molecule has 1 aromatic heterocycles. The SMILES string of the molecule is Cc1cc(C)c(C(N)=S)c(Nc2cc(Br)ccc2F)n1. The van der Waals surface area contributed by atoms with Crippen molar-refractivity contribution < 1.29 is 4.39 Å². The van der Waals surface area contributed by atoms with Crippen molar-refractivity contribution in [2.75, 3.05) is 5.32 Å². The zero-order valence-corrected chi connectivity index (χ0v) is 13.4. The van der Waals surface area contributed by atoms with Gasteiger partial charge in [0.25, 0.3) is 0 Å². The molecule has 0 radical (unpaired) electrons. The van der Waals surface area contributed by atoms with Crippen molar-refractivity contribution in [1.82, 2.24) is 4.98 Å². The number of anilines is 2. The van der Waals surface area contributed by atoms with Gasteiger partial charge >= 0.3 is 0 Å². The summed E-state index contributed by atoms with van der Waals surface area (Å²) in [7, 11) is 0. The molecule has 0 aliphatic carbocycles. The Balaban J connectivity index is 2.53. The van der Waals surface area contributed by atoms with Gasteiger partial charge in [0.2, 0.25) is 0 Å². The van der Waals surface area contributed by atoms with Crippen molar-refractivity contribution >= 4 is 44.6 Å². The molecule has 0 amide bonds. The lowest BCUT2D eigenvalue weighted by Gasteiger charge is -2.14. The van der Waals surface area contributed by atoms with E-state index in [0.29, 0.717) is 17.1 Å². The highest BCUT2D eigenvalue weighted by Crippen LogP contribution is 2.26. The van der Waals surface area contributed by atoms with Crippen molar-refractivity contribution in [2.24, 2.45) is 5.73 Å². The maximum Gasteiger partial charge on any atom is 0.146 e. The molecule has 0 saturated carbocycles. The minimum absolute atomic E-state index is 0.230. The number of aryl methyl sites for hydroxylation is 2. The van der Waals surface area contributed by atoms with Gasteiger partial charge in [-0.05, 0) is 43.7 Å². The first kappa shape index (κ1) is 14.9. The minimum Gasteiger partial charge on any atom is -0.389 e. The zero-order chi connectivity index (χ0) is 14.9. The van der Waals surface area contributed by atoms with Crippen LogP contribution in [0.5, 0.6) is 0 Å². The van der Waals surface area contributed by atoms with E-state index in [-0.39, 0.29) is 10.8 Å². The Morgan fingerprint density at radius 2 is 2.05 bits per heavy atom. The van der Waals surface area contributed by atoms with E-state index in [0.717, 1.165) is 15.7 Å². The third-order valence-corrected chi connectivity index (χ3v) is 3.47. The molecule has 2 rings (SSSR count). The summed E-state index contributed by atoms with van der Waals surface area (Å²) >= 11 is 8.36. The number of nitrogens with one attached hydrogen (secondary N) is 1. The topological polar surface area (TPSA) is 50.9 Å². The van der Waals surface area contributed by atoms with Crippen LogP contribution in [0, 0.1) is 19.7 Å². The molecule has 1 heterocycles. The Morgan fingerprint density at radius 1 is 1.35 bits per heavy atom. The van der Waals surface area contributed by atoms with Crippen LogP contribution in [0.15, 0.2) is 28.7 Å². The minimum atomic E-state index is -0.372. The first-order valence-electron chi connectivity index (χ1n) is 5.88. The van der Waals surface area contributed by atoms with Crippen molar-refractivity contribution in [2.45, 2.75) is 13.8 Å². The maximum absolute atomic E-state index is 13.8. The van der Waals surface area contributed by atoms with Gasteiger partial charge in [-0.15, -0.1) is 0 Å². The fraction of sp³-hybridized carbons (Fsp3) is 0.143. The van der Waals surface area contributed by atoms with Gasteiger partial charge in [0, 0.05) is 10.2 Å². The highest BCUT2D eigenvalue weighted by atomic mass is 79.9. The van der Waals surface area contributed by atoms with Crippen LogP contribution in [0.2, 0.25) is 0 Å². The van der Waals surface area contributed by atoms with Crippen molar-refractivity contribution in [3.63, 3.8) is 0 Å². The summed E-state index contributed by atoms with van der Waals surface area (Å²) < 4.78 is 14.6. The van der Waals surface area contributed by atoms with Gasteiger partial charge in [-0.25, -0.2) is 9.37 Å². The van der Waals surface area contributed by atoms with E-state index in [1.54, 1.807) is 12.1 Å². The van der Waals surface area contributed by atoms with Gasteiger partial charge in [-0.2, -0.15) is 0 Å². The van der Waals surface area contributed by atoms with Crippen LogP contribution < -0.4 is 11.1 Å². The van der Waals surface area contributed by atoms with E-state index in [2.05, 4.69) is 26.2 Å². The van der Waals surface area contributed by atoms with Gasteiger partial charge in [-0.1, -0.05) is 28.1 Å².